The van der Waals surface area contributed by atoms with Gasteiger partial charge in [-0.25, -0.2) is 4.79 Å². The number of rotatable bonds is 4. The lowest BCUT2D eigenvalue weighted by Gasteiger charge is -2.21. The fraction of sp³-hybridized carbons (Fsp3) is 0.200. The molecule has 4 amide bonds. The van der Waals surface area contributed by atoms with Crippen LogP contribution in [0.15, 0.2) is 41.2 Å². The van der Waals surface area contributed by atoms with Crippen molar-refractivity contribution in [1.82, 2.24) is 25.6 Å². The van der Waals surface area contributed by atoms with Gasteiger partial charge in [0.15, 0.2) is 0 Å². The van der Waals surface area contributed by atoms with Crippen molar-refractivity contribution in [2.75, 3.05) is 5.32 Å². The maximum absolute atomic E-state index is 12.9. The van der Waals surface area contributed by atoms with E-state index in [0.717, 1.165) is 4.68 Å². The number of nitrogens with one attached hydrogen (secondary N) is 3. The molecule has 2 aromatic carbocycles. The maximum atomic E-state index is 12.9. The van der Waals surface area contributed by atoms with Gasteiger partial charge in [0, 0.05) is 13.0 Å². The number of anilines is 1. The van der Waals surface area contributed by atoms with Crippen LogP contribution in [0.4, 0.5) is 10.5 Å². The zero-order valence-corrected chi connectivity index (χ0v) is 17.9. The number of aromatic nitrogens is 3. The number of urea groups is 1. The van der Waals surface area contributed by atoms with Crippen molar-refractivity contribution in [2.24, 2.45) is 0 Å². The first-order valence-corrected chi connectivity index (χ1v) is 10.3. The lowest BCUT2D eigenvalue weighted by Crippen LogP contribution is -2.45. The molecule has 1 aliphatic rings. The first kappa shape index (κ1) is 21.7. The topological polar surface area (TPSA) is 135 Å². The Labute approximate surface area is 190 Å². The van der Waals surface area contributed by atoms with Gasteiger partial charge in [0.05, 0.1) is 21.1 Å². The molecule has 1 fully saturated rings. The normalized spacial score (nSPS) is 16.0. The van der Waals surface area contributed by atoms with Crippen molar-refractivity contribution in [1.29, 1.82) is 0 Å². The van der Waals surface area contributed by atoms with E-state index in [4.69, 9.17) is 23.2 Å². The van der Waals surface area contributed by atoms with Gasteiger partial charge in [0.1, 0.15) is 11.6 Å². The van der Waals surface area contributed by atoms with Crippen molar-refractivity contribution >= 4 is 57.6 Å². The molecule has 4 rings (SSSR count). The first-order chi connectivity index (χ1) is 15.3. The van der Waals surface area contributed by atoms with E-state index in [1.165, 1.54) is 0 Å². The summed E-state index contributed by atoms with van der Waals surface area (Å²) in [7, 11) is 0. The molecule has 1 aromatic heterocycles. The Kier molecular flexibility index (Phi) is 6.06. The second kappa shape index (κ2) is 8.93. The van der Waals surface area contributed by atoms with Gasteiger partial charge in [0.25, 0.3) is 11.5 Å². The van der Waals surface area contributed by atoms with Crippen LogP contribution in [0.25, 0.3) is 10.9 Å². The van der Waals surface area contributed by atoms with Crippen molar-refractivity contribution in [3.63, 3.8) is 0 Å². The highest BCUT2D eigenvalue weighted by Gasteiger charge is 2.30. The highest BCUT2D eigenvalue weighted by molar-refractivity contribution is 6.43. The lowest BCUT2D eigenvalue weighted by molar-refractivity contribution is -0.136. The summed E-state index contributed by atoms with van der Waals surface area (Å²) in [6.07, 6.45) is 0.274. The van der Waals surface area contributed by atoms with Crippen LogP contribution >= 0.6 is 23.2 Å². The summed E-state index contributed by atoms with van der Waals surface area (Å²) in [5.41, 5.74) is 0.821. The van der Waals surface area contributed by atoms with E-state index in [1.54, 1.807) is 36.4 Å². The molecule has 1 saturated heterocycles. The summed E-state index contributed by atoms with van der Waals surface area (Å²) in [5.74, 6) is -0.982. The average molecular weight is 475 g/mol. The molecule has 0 bridgehead atoms. The SMILES string of the molecule is O=C1CCC(n2nnc3ccc(CNC(=O)Nc4cccc(Cl)c4Cl)cc3c2=O)C(=O)N1. The number of piperidine rings is 1. The Balaban J connectivity index is 1.51. The van der Waals surface area contributed by atoms with Gasteiger partial charge >= 0.3 is 6.03 Å². The standard InChI is InChI=1S/C20H16Cl2N6O4/c21-12-2-1-3-14(17(12)22)24-20(32)23-9-10-4-5-13-11(8-10)19(31)28(27-26-13)15-6-7-16(29)25-18(15)30/h1-5,8,15H,6-7,9H2,(H2,23,24,32)(H,25,29,30). The van der Waals surface area contributed by atoms with Crippen LogP contribution in [0.2, 0.25) is 10.0 Å². The highest BCUT2D eigenvalue weighted by Crippen LogP contribution is 2.29. The van der Waals surface area contributed by atoms with Gasteiger partial charge in [-0.2, -0.15) is 4.68 Å². The maximum Gasteiger partial charge on any atom is 0.319 e. The van der Waals surface area contributed by atoms with E-state index < -0.39 is 29.4 Å². The highest BCUT2D eigenvalue weighted by atomic mass is 35.5. The van der Waals surface area contributed by atoms with Gasteiger partial charge < -0.3 is 10.6 Å². The predicted octanol–water partition coefficient (Wildman–Crippen LogP) is 2.40. The van der Waals surface area contributed by atoms with Crippen LogP contribution in [0.3, 0.4) is 0 Å². The molecule has 1 aliphatic heterocycles. The average Bonchev–Trinajstić information content (AvgIpc) is 2.76. The third kappa shape index (κ3) is 4.41. The predicted molar refractivity (Wildman–Crippen MR) is 118 cm³/mol. The molecule has 0 radical (unpaired) electrons. The number of benzene rings is 2. The Morgan fingerprint density at radius 2 is 2.00 bits per heavy atom. The molecule has 164 valence electrons. The Hall–Kier alpha value is -3.50. The Morgan fingerprint density at radius 1 is 1.19 bits per heavy atom. The van der Waals surface area contributed by atoms with Crippen molar-refractivity contribution in [3.8, 4) is 0 Å². The smallest absolute Gasteiger partial charge is 0.319 e. The molecule has 12 heteroatoms. The Morgan fingerprint density at radius 3 is 2.78 bits per heavy atom. The van der Waals surface area contributed by atoms with Crippen LogP contribution in [0, 0.1) is 0 Å². The van der Waals surface area contributed by atoms with Gasteiger partial charge in [-0.1, -0.05) is 40.5 Å². The van der Waals surface area contributed by atoms with E-state index in [9.17, 15) is 19.2 Å². The molecule has 32 heavy (non-hydrogen) atoms. The molecule has 0 spiro atoms. The molecule has 0 saturated carbocycles. The fourth-order valence-electron chi connectivity index (χ4n) is 3.28. The van der Waals surface area contributed by atoms with Crippen LogP contribution in [0.5, 0.6) is 0 Å². The minimum Gasteiger partial charge on any atom is -0.334 e. The molecule has 0 aliphatic carbocycles. The van der Waals surface area contributed by atoms with Crippen LogP contribution in [-0.4, -0.2) is 32.8 Å². The molecular weight excluding hydrogens is 459 g/mol. The molecule has 1 unspecified atom stereocenters. The second-order valence-electron chi connectivity index (χ2n) is 7.07. The van der Waals surface area contributed by atoms with Crippen LogP contribution < -0.4 is 21.5 Å². The van der Waals surface area contributed by atoms with Crippen molar-refractivity contribution < 1.29 is 14.4 Å². The summed E-state index contributed by atoms with van der Waals surface area (Å²) in [6.45, 7) is 0.111. The molecule has 3 aromatic rings. The molecule has 2 heterocycles. The number of imide groups is 1. The third-order valence-corrected chi connectivity index (χ3v) is 5.73. The zero-order valence-electron chi connectivity index (χ0n) is 16.4. The molecular formula is C20H16Cl2N6O4. The lowest BCUT2D eigenvalue weighted by atomic mass is 10.1. The summed E-state index contributed by atoms with van der Waals surface area (Å²) in [4.78, 5) is 48.6. The summed E-state index contributed by atoms with van der Waals surface area (Å²) in [5, 5.41) is 16.1. The number of amides is 4. The van der Waals surface area contributed by atoms with Gasteiger partial charge in [0.2, 0.25) is 5.91 Å². The van der Waals surface area contributed by atoms with Gasteiger partial charge in [-0.15, -0.1) is 5.10 Å². The van der Waals surface area contributed by atoms with E-state index in [1.807, 2.05) is 0 Å². The number of fused-ring (bicyclic) bond motifs is 1. The minimum absolute atomic E-state index is 0.109. The van der Waals surface area contributed by atoms with E-state index in [-0.39, 0.29) is 29.8 Å². The fourth-order valence-corrected chi connectivity index (χ4v) is 3.63. The number of hydrogen-bond donors (Lipinski definition) is 3. The molecule has 3 N–H and O–H groups in total. The largest absolute Gasteiger partial charge is 0.334 e. The van der Waals surface area contributed by atoms with Gasteiger partial charge in [-0.05, 0) is 36.2 Å². The molecule has 1 atom stereocenters. The van der Waals surface area contributed by atoms with Crippen LogP contribution in [0.1, 0.15) is 24.4 Å². The monoisotopic (exact) mass is 474 g/mol. The summed E-state index contributed by atoms with van der Waals surface area (Å²) >= 11 is 12.0. The Bertz CT molecular complexity index is 1310. The third-order valence-electron chi connectivity index (χ3n) is 4.91. The number of carbonyl (C=O) groups is 3. The number of carbonyl (C=O) groups excluding carboxylic acids is 3. The number of halogens is 2. The van der Waals surface area contributed by atoms with E-state index in [2.05, 4.69) is 26.3 Å². The first-order valence-electron chi connectivity index (χ1n) is 9.54. The van der Waals surface area contributed by atoms with Crippen molar-refractivity contribution in [2.45, 2.75) is 25.4 Å². The molecule has 10 nitrogen and oxygen atoms in total. The van der Waals surface area contributed by atoms with E-state index >= 15 is 0 Å². The van der Waals surface area contributed by atoms with Crippen molar-refractivity contribution in [3.05, 3.63) is 62.4 Å². The quantitative estimate of drug-likeness (QED) is 0.496. The number of hydrogen-bond acceptors (Lipinski definition) is 6. The summed E-state index contributed by atoms with van der Waals surface area (Å²) in [6, 6.07) is 8.31. The second-order valence-corrected chi connectivity index (χ2v) is 7.85. The van der Waals surface area contributed by atoms with Crippen LogP contribution in [-0.2, 0) is 16.1 Å². The minimum atomic E-state index is -0.910. The summed E-state index contributed by atoms with van der Waals surface area (Å²) < 4.78 is 0.981. The van der Waals surface area contributed by atoms with E-state index in [0.29, 0.717) is 21.8 Å². The number of nitrogens with zero attached hydrogens (tertiary/aromatic N) is 3. The van der Waals surface area contributed by atoms with Gasteiger partial charge in [-0.3, -0.25) is 19.7 Å². The zero-order chi connectivity index (χ0) is 22.8.